The summed E-state index contributed by atoms with van der Waals surface area (Å²) in [7, 11) is -8.57. The van der Waals surface area contributed by atoms with Crippen LogP contribution >= 0.6 is 23.2 Å². The van der Waals surface area contributed by atoms with Gasteiger partial charge in [-0.3, -0.25) is 14.1 Å². The summed E-state index contributed by atoms with van der Waals surface area (Å²) in [6.07, 6.45) is 0. The number of benzene rings is 3. The molecule has 38 heavy (non-hydrogen) atoms. The molecule has 0 bridgehead atoms. The number of hydrogen-bond donors (Lipinski definition) is 2. The maximum atomic E-state index is 13.0. The average molecular weight is 596 g/mol. The highest BCUT2D eigenvalue weighted by Gasteiger charge is 2.36. The lowest BCUT2D eigenvalue weighted by molar-refractivity contribution is -0.117. The molecular formula is C23H19Cl2N5O6S2. The second kappa shape index (κ2) is 10.4. The number of halogens is 2. The lowest BCUT2D eigenvalue weighted by Gasteiger charge is -2.15. The van der Waals surface area contributed by atoms with Gasteiger partial charge < -0.3 is 0 Å². The molecule has 0 spiro atoms. The van der Waals surface area contributed by atoms with Crippen LogP contribution in [0.5, 0.6) is 0 Å². The van der Waals surface area contributed by atoms with Crippen LogP contribution in [0.4, 0.5) is 17.1 Å². The van der Waals surface area contributed by atoms with Crippen LogP contribution in [0.2, 0.25) is 10.0 Å². The number of nitrogens with zero attached hydrogens (tertiary/aromatic N) is 4. The van der Waals surface area contributed by atoms with Crippen LogP contribution < -0.4 is 9.73 Å². The molecule has 11 nitrogen and oxygen atoms in total. The first kappa shape index (κ1) is 27.7. The van der Waals surface area contributed by atoms with E-state index in [9.17, 15) is 26.2 Å². The predicted molar refractivity (Wildman–Crippen MR) is 144 cm³/mol. The van der Waals surface area contributed by atoms with Gasteiger partial charge in [-0.25, -0.2) is 8.42 Å². The molecule has 4 rings (SSSR count). The number of rotatable bonds is 7. The fraction of sp³-hybridized carbons (Fsp3) is 0.130. The zero-order valence-corrected chi connectivity index (χ0v) is 22.8. The van der Waals surface area contributed by atoms with Crippen molar-refractivity contribution in [3.05, 3.63) is 76.3 Å². The van der Waals surface area contributed by atoms with Gasteiger partial charge in [-0.15, -0.1) is 0 Å². The Hall–Kier alpha value is -3.36. The molecule has 1 aliphatic rings. The van der Waals surface area contributed by atoms with Crippen molar-refractivity contribution >= 4 is 72.0 Å². The maximum absolute atomic E-state index is 13.0. The minimum Gasteiger partial charge on any atom is -0.282 e. The minimum absolute atomic E-state index is 0.0112. The van der Waals surface area contributed by atoms with E-state index in [1.165, 1.54) is 13.0 Å². The van der Waals surface area contributed by atoms with Gasteiger partial charge in [-0.2, -0.15) is 28.8 Å². The molecule has 1 heterocycles. The Morgan fingerprint density at radius 3 is 2.29 bits per heavy atom. The summed E-state index contributed by atoms with van der Waals surface area (Å²) >= 11 is 12.1. The SMILES string of the molecule is CC1=NN(c2cc(Cl)c(S(=O)(=O)O)cc2Cl)C(=O)C1N=Nc1ccc(C)c(S(=O)(=O)Nc2ccccc2)c1. The number of carbonyl (C=O) groups is 1. The van der Waals surface area contributed by atoms with Gasteiger partial charge >= 0.3 is 0 Å². The zero-order valence-electron chi connectivity index (χ0n) is 19.7. The van der Waals surface area contributed by atoms with Crippen molar-refractivity contribution in [2.24, 2.45) is 15.3 Å². The maximum Gasteiger partial charge on any atom is 0.296 e. The number of aryl methyl sites for hydroxylation is 1. The second-order valence-electron chi connectivity index (χ2n) is 8.14. The van der Waals surface area contributed by atoms with Crippen LogP contribution in [-0.4, -0.2) is 39.0 Å². The smallest absolute Gasteiger partial charge is 0.282 e. The Morgan fingerprint density at radius 1 is 0.947 bits per heavy atom. The molecule has 0 fully saturated rings. The summed E-state index contributed by atoms with van der Waals surface area (Å²) in [5.41, 5.74) is 1.28. The third-order valence-electron chi connectivity index (χ3n) is 5.38. The van der Waals surface area contributed by atoms with E-state index in [1.54, 1.807) is 49.4 Å². The van der Waals surface area contributed by atoms with Gasteiger partial charge in [-0.1, -0.05) is 47.5 Å². The standard InChI is InChI=1S/C23H19Cl2N5O6S2/c1-13-8-9-16(10-20(13)37(32,33)29-15-6-4-3-5-7-15)26-27-22-14(2)28-30(23(22)31)19-11-18(25)21(12-17(19)24)38(34,35)36/h3-12,22,29H,1-2H3,(H,34,35,36). The third-order valence-corrected chi connectivity index (χ3v) is 8.52. The number of sulfonamides is 1. The van der Waals surface area contributed by atoms with Crippen LogP contribution in [0.1, 0.15) is 12.5 Å². The number of para-hydroxylation sites is 1. The van der Waals surface area contributed by atoms with Crippen LogP contribution in [-0.2, 0) is 24.9 Å². The quantitative estimate of drug-likeness (QED) is 0.281. The first-order valence-corrected chi connectivity index (χ1v) is 14.4. The molecule has 0 saturated carbocycles. The van der Waals surface area contributed by atoms with Gasteiger partial charge in [-0.05, 0) is 55.8 Å². The number of hydrazone groups is 1. The van der Waals surface area contributed by atoms with Gasteiger partial charge in [0, 0.05) is 5.69 Å². The van der Waals surface area contributed by atoms with Crippen molar-refractivity contribution in [3.8, 4) is 0 Å². The molecule has 3 aromatic carbocycles. The summed E-state index contributed by atoms with van der Waals surface area (Å²) in [5.74, 6) is -0.658. The Bertz CT molecular complexity index is 1710. The van der Waals surface area contributed by atoms with Gasteiger partial charge in [0.1, 0.15) is 4.90 Å². The van der Waals surface area contributed by atoms with E-state index in [0.29, 0.717) is 11.3 Å². The highest BCUT2D eigenvalue weighted by molar-refractivity contribution is 7.92. The van der Waals surface area contributed by atoms with Crippen LogP contribution in [0.25, 0.3) is 0 Å². The number of amides is 1. The third kappa shape index (κ3) is 5.71. The molecule has 0 aliphatic carbocycles. The molecule has 1 amide bonds. The summed E-state index contributed by atoms with van der Waals surface area (Å²) in [4.78, 5) is 12.4. The van der Waals surface area contributed by atoms with Crippen LogP contribution in [0, 0.1) is 6.92 Å². The van der Waals surface area contributed by atoms with E-state index < -0.39 is 37.0 Å². The van der Waals surface area contributed by atoms with Crippen LogP contribution in [0.3, 0.4) is 0 Å². The molecule has 0 saturated heterocycles. The van der Waals surface area contributed by atoms with Gasteiger partial charge in [0.15, 0.2) is 6.04 Å². The molecule has 0 aromatic heterocycles. The first-order chi connectivity index (χ1) is 17.8. The van der Waals surface area contributed by atoms with E-state index in [4.69, 9.17) is 23.2 Å². The number of azo groups is 1. The molecular weight excluding hydrogens is 577 g/mol. The fourth-order valence-corrected chi connectivity index (χ4v) is 6.18. The Kier molecular flexibility index (Phi) is 7.59. The van der Waals surface area contributed by atoms with E-state index in [0.717, 1.165) is 17.1 Å². The van der Waals surface area contributed by atoms with Crippen molar-refractivity contribution in [1.82, 2.24) is 0 Å². The lowest BCUT2D eigenvalue weighted by atomic mass is 10.2. The normalized spacial score (nSPS) is 16.2. The molecule has 1 unspecified atom stereocenters. The predicted octanol–water partition coefficient (Wildman–Crippen LogP) is 5.22. The zero-order chi connectivity index (χ0) is 27.8. The average Bonchev–Trinajstić information content (AvgIpc) is 3.12. The number of carbonyl (C=O) groups excluding carboxylic acids is 1. The van der Waals surface area contributed by atoms with Crippen molar-refractivity contribution in [3.63, 3.8) is 0 Å². The van der Waals surface area contributed by atoms with E-state index in [1.807, 2.05) is 0 Å². The summed E-state index contributed by atoms with van der Waals surface area (Å²) in [5, 5.41) is 12.6. The largest absolute Gasteiger partial charge is 0.296 e. The van der Waals surface area contributed by atoms with Crippen LogP contribution in [0.15, 0.2) is 85.8 Å². The Morgan fingerprint density at radius 2 is 1.63 bits per heavy atom. The summed E-state index contributed by atoms with van der Waals surface area (Å²) in [6.45, 7) is 3.16. The van der Waals surface area contributed by atoms with E-state index >= 15 is 0 Å². The Balaban J connectivity index is 1.59. The fourth-order valence-electron chi connectivity index (χ4n) is 3.52. The highest BCUT2D eigenvalue weighted by atomic mass is 35.5. The van der Waals surface area contributed by atoms with Gasteiger partial charge in [0.25, 0.3) is 26.0 Å². The van der Waals surface area contributed by atoms with E-state index in [2.05, 4.69) is 20.1 Å². The van der Waals surface area contributed by atoms with E-state index in [-0.39, 0.29) is 32.0 Å². The highest BCUT2D eigenvalue weighted by Crippen LogP contribution is 2.36. The molecule has 198 valence electrons. The van der Waals surface area contributed by atoms with Gasteiger partial charge in [0.2, 0.25) is 0 Å². The molecule has 2 N–H and O–H groups in total. The number of nitrogens with one attached hydrogen (secondary N) is 1. The summed E-state index contributed by atoms with van der Waals surface area (Å²) in [6, 6.07) is 13.7. The van der Waals surface area contributed by atoms with Crippen molar-refractivity contribution in [2.45, 2.75) is 29.7 Å². The second-order valence-corrected chi connectivity index (χ2v) is 12.0. The number of anilines is 2. The lowest BCUT2D eigenvalue weighted by Crippen LogP contribution is -2.30. The molecule has 3 aromatic rings. The van der Waals surface area contributed by atoms with Crippen molar-refractivity contribution < 1.29 is 26.2 Å². The first-order valence-electron chi connectivity index (χ1n) is 10.7. The summed E-state index contributed by atoms with van der Waals surface area (Å²) < 4.78 is 60.6. The molecule has 1 aliphatic heterocycles. The molecule has 1 atom stereocenters. The molecule has 0 radical (unpaired) electrons. The van der Waals surface area contributed by atoms with Crippen molar-refractivity contribution in [1.29, 1.82) is 0 Å². The minimum atomic E-state index is -4.64. The Labute approximate surface area is 228 Å². The molecule has 15 heteroatoms. The number of hydrogen-bond acceptors (Lipinski definition) is 8. The van der Waals surface area contributed by atoms with Crippen molar-refractivity contribution in [2.75, 3.05) is 9.73 Å². The van der Waals surface area contributed by atoms with Gasteiger partial charge in [0.05, 0.1) is 32.0 Å². The topological polar surface area (TPSA) is 158 Å². The monoisotopic (exact) mass is 595 g/mol.